The second-order valence-electron chi connectivity index (χ2n) is 8.54. The van der Waals surface area contributed by atoms with E-state index in [2.05, 4.69) is 85.8 Å². The maximum Gasteiger partial charge on any atom is -0.000684 e. The number of hydrogen-bond acceptors (Lipinski definition) is 0. The Morgan fingerprint density at radius 3 is 1.97 bits per heavy atom. The van der Waals surface area contributed by atoms with Crippen molar-refractivity contribution < 1.29 is 0 Å². The summed E-state index contributed by atoms with van der Waals surface area (Å²) in [6, 6.07) is 29.3. The molecule has 7 rings (SSSR count). The minimum absolute atomic E-state index is 1.04. The topological polar surface area (TPSA) is 0 Å². The van der Waals surface area contributed by atoms with Crippen LogP contribution in [0.5, 0.6) is 0 Å². The van der Waals surface area contributed by atoms with Crippen molar-refractivity contribution in [3.8, 4) is 22.3 Å². The van der Waals surface area contributed by atoms with E-state index in [4.69, 9.17) is 0 Å². The molecular formula is C29H20. The van der Waals surface area contributed by atoms with Crippen molar-refractivity contribution in [3.63, 3.8) is 0 Å². The standard InChI is InChI=1S/C29H20/c1-17-14-19-16-25-23-12-5-4-10-21(23)22-11-6-7-13-24(22)29(25)28(19)26-15-18-8-2-3-9-20(18)27(17)26/h2-14H,15-16H2,1H3. The van der Waals surface area contributed by atoms with Crippen LogP contribution in [0, 0.1) is 6.92 Å². The van der Waals surface area contributed by atoms with Crippen LogP contribution in [0.1, 0.15) is 27.8 Å². The maximum atomic E-state index is 2.46. The predicted molar refractivity (Wildman–Crippen MR) is 123 cm³/mol. The van der Waals surface area contributed by atoms with Gasteiger partial charge in [0.1, 0.15) is 0 Å². The highest BCUT2D eigenvalue weighted by Gasteiger charge is 2.31. The maximum absolute atomic E-state index is 2.46. The first-order valence-electron chi connectivity index (χ1n) is 10.5. The van der Waals surface area contributed by atoms with Gasteiger partial charge in [-0.2, -0.15) is 0 Å². The molecule has 0 saturated heterocycles. The molecule has 29 heavy (non-hydrogen) atoms. The molecule has 5 aromatic rings. The second kappa shape index (κ2) is 5.36. The van der Waals surface area contributed by atoms with Gasteiger partial charge in [-0.05, 0) is 91.4 Å². The van der Waals surface area contributed by atoms with Gasteiger partial charge >= 0.3 is 0 Å². The highest BCUT2D eigenvalue weighted by Crippen LogP contribution is 2.52. The van der Waals surface area contributed by atoms with Crippen LogP contribution in [-0.4, -0.2) is 0 Å². The van der Waals surface area contributed by atoms with Gasteiger partial charge in [-0.3, -0.25) is 0 Å². The van der Waals surface area contributed by atoms with Gasteiger partial charge in [-0.25, -0.2) is 0 Å². The molecule has 0 saturated carbocycles. The average molecular weight is 368 g/mol. The summed E-state index contributed by atoms with van der Waals surface area (Å²) >= 11 is 0. The first-order chi connectivity index (χ1) is 14.3. The first-order valence-corrected chi connectivity index (χ1v) is 10.5. The Hall–Kier alpha value is -3.38. The van der Waals surface area contributed by atoms with Crippen LogP contribution >= 0.6 is 0 Å². The minimum atomic E-state index is 1.04. The molecule has 0 bridgehead atoms. The van der Waals surface area contributed by atoms with Crippen molar-refractivity contribution in [1.82, 2.24) is 0 Å². The second-order valence-corrected chi connectivity index (χ2v) is 8.54. The number of benzene rings is 5. The van der Waals surface area contributed by atoms with E-state index in [9.17, 15) is 0 Å². The Labute approximate surface area is 170 Å². The van der Waals surface area contributed by atoms with Crippen molar-refractivity contribution in [2.24, 2.45) is 0 Å². The van der Waals surface area contributed by atoms with Gasteiger partial charge in [0.2, 0.25) is 0 Å². The van der Waals surface area contributed by atoms with Crippen LogP contribution in [0.2, 0.25) is 0 Å². The summed E-state index contributed by atoms with van der Waals surface area (Å²) < 4.78 is 0. The van der Waals surface area contributed by atoms with Crippen molar-refractivity contribution in [2.75, 3.05) is 0 Å². The van der Waals surface area contributed by atoms with Crippen LogP contribution in [0.15, 0.2) is 78.9 Å². The largest absolute Gasteiger partial charge is 0.0619 e. The SMILES string of the molecule is Cc1cc2c(c3c1-c1ccccc1C3)-c1c(c3ccccc3c3ccccc13)C2. The molecule has 2 aliphatic carbocycles. The van der Waals surface area contributed by atoms with Crippen molar-refractivity contribution in [1.29, 1.82) is 0 Å². The van der Waals surface area contributed by atoms with Crippen LogP contribution in [0.4, 0.5) is 0 Å². The Kier molecular flexibility index (Phi) is 2.87. The number of aryl methyl sites for hydroxylation is 1. The first kappa shape index (κ1) is 15.5. The Morgan fingerprint density at radius 1 is 0.517 bits per heavy atom. The zero-order chi connectivity index (χ0) is 19.1. The quantitative estimate of drug-likeness (QED) is 0.244. The molecule has 0 heterocycles. The lowest BCUT2D eigenvalue weighted by atomic mass is 9.88. The fourth-order valence-corrected chi connectivity index (χ4v) is 5.95. The number of hydrogen-bond donors (Lipinski definition) is 0. The Bertz CT molecular complexity index is 1500. The zero-order valence-corrected chi connectivity index (χ0v) is 16.4. The summed E-state index contributed by atoms with van der Waals surface area (Å²) in [4.78, 5) is 0. The average Bonchev–Trinajstić information content (AvgIpc) is 3.33. The highest BCUT2D eigenvalue weighted by molar-refractivity contribution is 6.18. The Morgan fingerprint density at radius 2 is 1.14 bits per heavy atom. The molecule has 5 aromatic carbocycles. The van der Waals surface area contributed by atoms with E-state index in [0.29, 0.717) is 0 Å². The molecule has 2 aliphatic rings. The summed E-state index contributed by atoms with van der Waals surface area (Å²) in [5.74, 6) is 0. The molecule has 0 amide bonds. The molecule has 0 radical (unpaired) electrons. The molecular weight excluding hydrogens is 348 g/mol. The molecule has 0 N–H and O–H groups in total. The molecule has 0 aliphatic heterocycles. The van der Waals surface area contributed by atoms with Gasteiger partial charge in [-0.1, -0.05) is 78.9 Å². The number of fused-ring (bicyclic) bond motifs is 12. The van der Waals surface area contributed by atoms with Gasteiger partial charge in [-0.15, -0.1) is 0 Å². The number of rotatable bonds is 0. The van der Waals surface area contributed by atoms with E-state index < -0.39 is 0 Å². The molecule has 0 unspecified atom stereocenters. The summed E-state index contributed by atoms with van der Waals surface area (Å²) in [6.45, 7) is 2.29. The fourth-order valence-electron chi connectivity index (χ4n) is 5.95. The molecule has 0 spiro atoms. The van der Waals surface area contributed by atoms with E-state index in [-0.39, 0.29) is 0 Å². The van der Waals surface area contributed by atoms with Gasteiger partial charge in [0, 0.05) is 0 Å². The van der Waals surface area contributed by atoms with Gasteiger partial charge in [0.25, 0.3) is 0 Å². The third-order valence-electron chi connectivity index (χ3n) is 7.02. The van der Waals surface area contributed by atoms with Crippen LogP contribution in [0.3, 0.4) is 0 Å². The van der Waals surface area contributed by atoms with E-state index in [1.54, 1.807) is 5.56 Å². The molecule has 0 fully saturated rings. The lowest BCUT2D eigenvalue weighted by Crippen LogP contribution is -1.93. The molecule has 0 heteroatoms. The smallest absolute Gasteiger partial charge is 0.000684 e. The highest BCUT2D eigenvalue weighted by atomic mass is 14.3. The minimum Gasteiger partial charge on any atom is -0.0619 e. The van der Waals surface area contributed by atoms with E-state index in [1.807, 2.05) is 0 Å². The van der Waals surface area contributed by atoms with Crippen LogP contribution in [-0.2, 0) is 12.8 Å². The fraction of sp³-hybridized carbons (Fsp3) is 0.103. The normalized spacial score (nSPS) is 13.4. The summed E-state index contributed by atoms with van der Waals surface area (Å²) in [6.07, 6.45) is 2.09. The molecule has 0 nitrogen and oxygen atoms in total. The van der Waals surface area contributed by atoms with Crippen LogP contribution in [0.25, 0.3) is 43.8 Å². The van der Waals surface area contributed by atoms with Gasteiger partial charge in [0.05, 0.1) is 0 Å². The zero-order valence-electron chi connectivity index (χ0n) is 16.4. The van der Waals surface area contributed by atoms with E-state index in [0.717, 1.165) is 12.8 Å². The predicted octanol–water partition coefficient (Wildman–Crippen LogP) is 7.44. The summed E-state index contributed by atoms with van der Waals surface area (Å²) in [7, 11) is 0. The van der Waals surface area contributed by atoms with Crippen molar-refractivity contribution in [2.45, 2.75) is 19.8 Å². The van der Waals surface area contributed by atoms with Crippen LogP contribution < -0.4 is 0 Å². The molecule has 0 aromatic heterocycles. The van der Waals surface area contributed by atoms with Crippen molar-refractivity contribution in [3.05, 3.63) is 107 Å². The Balaban J connectivity index is 1.67. The molecule has 0 atom stereocenters. The summed E-state index contributed by atoms with van der Waals surface area (Å²) in [5, 5.41) is 5.58. The van der Waals surface area contributed by atoms with Crippen molar-refractivity contribution >= 4 is 21.5 Å². The third-order valence-corrected chi connectivity index (χ3v) is 7.02. The monoisotopic (exact) mass is 368 g/mol. The third kappa shape index (κ3) is 1.89. The van der Waals surface area contributed by atoms with Gasteiger partial charge in [0.15, 0.2) is 0 Å². The van der Waals surface area contributed by atoms with Gasteiger partial charge < -0.3 is 0 Å². The summed E-state index contributed by atoms with van der Waals surface area (Å²) in [5.41, 5.74) is 13.4. The van der Waals surface area contributed by atoms with E-state index in [1.165, 1.54) is 66.1 Å². The lowest BCUT2D eigenvalue weighted by Gasteiger charge is -2.15. The molecule has 136 valence electrons. The lowest BCUT2D eigenvalue weighted by molar-refractivity contribution is 1.22. The van der Waals surface area contributed by atoms with E-state index >= 15 is 0 Å².